The topological polar surface area (TPSA) is 47.3 Å². The van der Waals surface area contributed by atoms with Crippen molar-refractivity contribution in [3.8, 4) is 5.75 Å². The molecule has 0 aliphatic rings. The Bertz CT molecular complexity index is 762. The average molecular weight is 282 g/mol. The molecule has 21 heavy (non-hydrogen) atoms. The number of aryl methyl sites for hydroxylation is 1. The van der Waals surface area contributed by atoms with Crippen LogP contribution in [0.1, 0.15) is 24.3 Å². The average Bonchev–Trinajstić information content (AvgIpc) is 2.90. The molecular formula is C17H18N2O2. The summed E-state index contributed by atoms with van der Waals surface area (Å²) in [6.07, 6.45) is 1.31. The molecule has 0 unspecified atom stereocenters. The van der Waals surface area contributed by atoms with E-state index in [2.05, 4.69) is 5.10 Å². The number of benzene rings is 2. The standard InChI is InChI=1S/C17H18N2O2/c1-12(20)15-8-7-13-5-3-4-6-16(13)17(15)21-11-14-9-10-19(2)18-14/h3-10,12,20H,11H2,1-2H3/t12-/m1/s1. The molecule has 1 aromatic heterocycles. The van der Waals surface area contributed by atoms with Crippen molar-refractivity contribution in [3.63, 3.8) is 0 Å². The lowest BCUT2D eigenvalue weighted by molar-refractivity contribution is 0.190. The molecule has 0 radical (unpaired) electrons. The molecule has 0 fully saturated rings. The second kappa shape index (κ2) is 5.58. The van der Waals surface area contributed by atoms with Gasteiger partial charge in [0.15, 0.2) is 0 Å². The van der Waals surface area contributed by atoms with Crippen molar-refractivity contribution >= 4 is 10.8 Å². The van der Waals surface area contributed by atoms with Gasteiger partial charge in [-0.05, 0) is 18.4 Å². The maximum absolute atomic E-state index is 9.97. The molecule has 3 rings (SSSR count). The van der Waals surface area contributed by atoms with Crippen LogP contribution in [0.4, 0.5) is 0 Å². The number of fused-ring (bicyclic) bond motifs is 1. The molecule has 0 bridgehead atoms. The molecule has 3 aromatic rings. The Kier molecular flexibility index (Phi) is 3.62. The molecule has 0 amide bonds. The summed E-state index contributed by atoms with van der Waals surface area (Å²) in [5.41, 5.74) is 1.66. The SMILES string of the molecule is C[C@@H](O)c1ccc2ccccc2c1OCc1ccn(C)n1. The molecule has 1 heterocycles. The fraction of sp³-hybridized carbons (Fsp3) is 0.235. The third-order valence-electron chi connectivity index (χ3n) is 3.49. The monoisotopic (exact) mass is 282 g/mol. The molecule has 2 aromatic carbocycles. The maximum atomic E-state index is 9.97. The van der Waals surface area contributed by atoms with Gasteiger partial charge in [-0.1, -0.05) is 36.4 Å². The normalized spacial score (nSPS) is 12.5. The van der Waals surface area contributed by atoms with Crippen molar-refractivity contribution in [3.05, 3.63) is 59.9 Å². The first-order valence-electron chi connectivity index (χ1n) is 6.96. The summed E-state index contributed by atoms with van der Waals surface area (Å²) in [6.45, 7) is 2.13. The first kappa shape index (κ1) is 13.6. The van der Waals surface area contributed by atoms with Crippen molar-refractivity contribution in [1.82, 2.24) is 9.78 Å². The third-order valence-corrected chi connectivity index (χ3v) is 3.49. The zero-order valence-corrected chi connectivity index (χ0v) is 12.2. The van der Waals surface area contributed by atoms with Crippen LogP contribution in [0.3, 0.4) is 0 Å². The summed E-state index contributed by atoms with van der Waals surface area (Å²) in [6, 6.07) is 13.9. The Morgan fingerprint density at radius 2 is 2.00 bits per heavy atom. The molecule has 1 atom stereocenters. The highest BCUT2D eigenvalue weighted by atomic mass is 16.5. The molecular weight excluding hydrogens is 264 g/mol. The van der Waals surface area contributed by atoms with Gasteiger partial charge < -0.3 is 9.84 Å². The van der Waals surface area contributed by atoms with Crippen LogP contribution in [0.15, 0.2) is 48.7 Å². The number of rotatable bonds is 4. The zero-order chi connectivity index (χ0) is 14.8. The van der Waals surface area contributed by atoms with E-state index in [4.69, 9.17) is 4.74 Å². The van der Waals surface area contributed by atoms with Gasteiger partial charge in [-0.25, -0.2) is 0 Å². The Morgan fingerprint density at radius 3 is 2.71 bits per heavy atom. The largest absolute Gasteiger partial charge is 0.486 e. The van der Waals surface area contributed by atoms with Crippen molar-refractivity contribution < 1.29 is 9.84 Å². The molecule has 4 nitrogen and oxygen atoms in total. The Labute approximate surface area is 123 Å². The summed E-state index contributed by atoms with van der Waals surface area (Å²) in [5, 5.41) is 16.4. The van der Waals surface area contributed by atoms with E-state index in [0.29, 0.717) is 6.61 Å². The minimum atomic E-state index is -0.576. The maximum Gasteiger partial charge on any atom is 0.133 e. The fourth-order valence-corrected chi connectivity index (χ4v) is 2.44. The second-order valence-electron chi connectivity index (χ2n) is 5.15. The number of aromatic nitrogens is 2. The fourth-order valence-electron chi connectivity index (χ4n) is 2.44. The number of hydrogen-bond acceptors (Lipinski definition) is 3. The van der Waals surface area contributed by atoms with Gasteiger partial charge in [0, 0.05) is 24.2 Å². The van der Waals surface area contributed by atoms with E-state index in [-0.39, 0.29) is 0 Å². The predicted octanol–water partition coefficient (Wildman–Crippen LogP) is 3.21. The molecule has 0 aliphatic carbocycles. The molecule has 0 saturated carbocycles. The van der Waals surface area contributed by atoms with Crippen LogP contribution in [0.25, 0.3) is 10.8 Å². The van der Waals surface area contributed by atoms with Gasteiger partial charge in [0.25, 0.3) is 0 Å². The highest BCUT2D eigenvalue weighted by Gasteiger charge is 2.13. The molecule has 0 aliphatic heterocycles. The smallest absolute Gasteiger partial charge is 0.133 e. The van der Waals surface area contributed by atoms with Gasteiger partial charge in [-0.3, -0.25) is 4.68 Å². The van der Waals surface area contributed by atoms with E-state index in [1.54, 1.807) is 11.6 Å². The molecule has 4 heteroatoms. The van der Waals surface area contributed by atoms with E-state index in [0.717, 1.165) is 27.8 Å². The molecule has 1 N–H and O–H groups in total. The van der Waals surface area contributed by atoms with Crippen LogP contribution in [-0.4, -0.2) is 14.9 Å². The molecule has 0 spiro atoms. The van der Waals surface area contributed by atoms with E-state index < -0.39 is 6.10 Å². The molecule has 0 saturated heterocycles. The third kappa shape index (κ3) is 2.76. The van der Waals surface area contributed by atoms with E-state index in [1.807, 2.05) is 55.7 Å². The van der Waals surface area contributed by atoms with Gasteiger partial charge in [0.2, 0.25) is 0 Å². The van der Waals surface area contributed by atoms with Crippen molar-refractivity contribution in [2.24, 2.45) is 7.05 Å². The summed E-state index contributed by atoms with van der Waals surface area (Å²) in [5.74, 6) is 0.730. The summed E-state index contributed by atoms with van der Waals surface area (Å²) < 4.78 is 7.72. The van der Waals surface area contributed by atoms with Gasteiger partial charge in [-0.15, -0.1) is 0 Å². The van der Waals surface area contributed by atoms with E-state index in [9.17, 15) is 5.11 Å². The highest BCUT2D eigenvalue weighted by Crippen LogP contribution is 2.34. The first-order chi connectivity index (χ1) is 10.1. The Hall–Kier alpha value is -2.33. The highest BCUT2D eigenvalue weighted by molar-refractivity contribution is 5.89. The van der Waals surface area contributed by atoms with Crippen LogP contribution in [0, 0.1) is 0 Å². The molecule has 108 valence electrons. The van der Waals surface area contributed by atoms with Gasteiger partial charge in [0.05, 0.1) is 11.8 Å². The van der Waals surface area contributed by atoms with Crippen LogP contribution >= 0.6 is 0 Å². The number of nitrogens with zero attached hydrogens (tertiary/aromatic N) is 2. The lowest BCUT2D eigenvalue weighted by Gasteiger charge is -2.15. The van der Waals surface area contributed by atoms with Crippen molar-refractivity contribution in [1.29, 1.82) is 0 Å². The van der Waals surface area contributed by atoms with Gasteiger partial charge in [-0.2, -0.15) is 5.10 Å². The quantitative estimate of drug-likeness (QED) is 0.799. The first-order valence-corrected chi connectivity index (χ1v) is 6.96. The number of aliphatic hydroxyl groups is 1. The van der Waals surface area contributed by atoms with Crippen LogP contribution in [-0.2, 0) is 13.7 Å². The van der Waals surface area contributed by atoms with Crippen LogP contribution < -0.4 is 4.74 Å². The van der Waals surface area contributed by atoms with Crippen LogP contribution in [0.5, 0.6) is 5.75 Å². The number of aliphatic hydroxyl groups excluding tert-OH is 1. The van der Waals surface area contributed by atoms with E-state index >= 15 is 0 Å². The van der Waals surface area contributed by atoms with E-state index in [1.165, 1.54) is 0 Å². The lowest BCUT2D eigenvalue weighted by Crippen LogP contribution is -2.03. The second-order valence-corrected chi connectivity index (χ2v) is 5.15. The summed E-state index contributed by atoms with van der Waals surface area (Å²) >= 11 is 0. The number of ether oxygens (including phenoxy) is 1. The number of hydrogen-bond donors (Lipinski definition) is 1. The Balaban J connectivity index is 1.99. The van der Waals surface area contributed by atoms with Crippen molar-refractivity contribution in [2.75, 3.05) is 0 Å². The minimum Gasteiger partial charge on any atom is -0.486 e. The predicted molar refractivity (Wildman–Crippen MR) is 82.1 cm³/mol. The van der Waals surface area contributed by atoms with Gasteiger partial charge in [0.1, 0.15) is 12.4 Å². The van der Waals surface area contributed by atoms with Crippen LogP contribution in [0.2, 0.25) is 0 Å². The Morgan fingerprint density at radius 1 is 1.19 bits per heavy atom. The van der Waals surface area contributed by atoms with Gasteiger partial charge >= 0.3 is 0 Å². The van der Waals surface area contributed by atoms with Crippen molar-refractivity contribution in [2.45, 2.75) is 19.6 Å². The summed E-state index contributed by atoms with van der Waals surface area (Å²) in [4.78, 5) is 0. The zero-order valence-electron chi connectivity index (χ0n) is 12.2. The summed E-state index contributed by atoms with van der Waals surface area (Å²) in [7, 11) is 1.88. The lowest BCUT2D eigenvalue weighted by atomic mass is 10.0. The minimum absolute atomic E-state index is 0.383.